The lowest BCUT2D eigenvalue weighted by Crippen LogP contribution is -2.49. The summed E-state index contributed by atoms with van der Waals surface area (Å²) in [6.07, 6.45) is 0.0334. The third-order valence-electron chi connectivity index (χ3n) is 3.17. The van der Waals surface area contributed by atoms with E-state index >= 15 is 0 Å². The quantitative estimate of drug-likeness (QED) is 0.915. The molecular formula is C13H18ClFN2O. The number of halogens is 2. The fraction of sp³-hybridized carbons (Fsp3) is 0.538. The average Bonchev–Trinajstić information content (AvgIpc) is 2.34. The molecule has 3 nitrogen and oxygen atoms in total. The van der Waals surface area contributed by atoms with Gasteiger partial charge in [-0.3, -0.25) is 4.90 Å². The summed E-state index contributed by atoms with van der Waals surface area (Å²) in [7, 11) is 0. The topological polar surface area (TPSA) is 38.5 Å². The maximum atomic E-state index is 13.2. The van der Waals surface area contributed by atoms with Gasteiger partial charge in [0.25, 0.3) is 0 Å². The molecule has 0 aromatic heterocycles. The molecule has 1 aliphatic heterocycles. The first-order valence-electron chi connectivity index (χ1n) is 6.09. The number of nitrogens with two attached hydrogens (primary N) is 1. The second kappa shape index (κ2) is 5.97. The van der Waals surface area contributed by atoms with Crippen molar-refractivity contribution in [3.05, 3.63) is 34.6 Å². The van der Waals surface area contributed by atoms with Gasteiger partial charge in [-0.05, 0) is 30.7 Å². The van der Waals surface area contributed by atoms with Crippen molar-refractivity contribution in [1.29, 1.82) is 0 Å². The molecular weight excluding hydrogens is 255 g/mol. The molecule has 1 aromatic carbocycles. The lowest BCUT2D eigenvalue weighted by molar-refractivity contribution is -0.0403. The van der Waals surface area contributed by atoms with Crippen molar-refractivity contribution in [2.24, 2.45) is 5.73 Å². The molecule has 0 spiro atoms. The Balaban J connectivity index is 2.02. The zero-order chi connectivity index (χ0) is 13.1. The Bertz CT molecular complexity index is 414. The summed E-state index contributed by atoms with van der Waals surface area (Å²) in [6, 6.07) is 4.44. The molecule has 5 heteroatoms. The molecule has 1 aliphatic rings. The molecule has 2 rings (SSSR count). The summed E-state index contributed by atoms with van der Waals surface area (Å²) in [5, 5.41) is 0.597. The van der Waals surface area contributed by atoms with Gasteiger partial charge >= 0.3 is 0 Å². The van der Waals surface area contributed by atoms with Gasteiger partial charge in [-0.1, -0.05) is 11.6 Å². The predicted octanol–water partition coefficient (Wildman–Crippen LogP) is 2.03. The maximum Gasteiger partial charge on any atom is 0.123 e. The van der Waals surface area contributed by atoms with E-state index in [0.717, 1.165) is 18.7 Å². The molecule has 1 aromatic rings. The number of morpholine rings is 1. The molecule has 18 heavy (non-hydrogen) atoms. The fourth-order valence-electron chi connectivity index (χ4n) is 2.10. The molecule has 0 amide bonds. The lowest BCUT2D eigenvalue weighted by atomic mass is 10.1. The average molecular weight is 273 g/mol. The van der Waals surface area contributed by atoms with Crippen molar-refractivity contribution in [2.45, 2.75) is 25.6 Å². The number of benzene rings is 1. The van der Waals surface area contributed by atoms with E-state index in [1.807, 2.05) is 6.92 Å². The van der Waals surface area contributed by atoms with E-state index in [4.69, 9.17) is 22.1 Å². The first kappa shape index (κ1) is 13.7. The van der Waals surface area contributed by atoms with E-state index in [-0.39, 0.29) is 18.0 Å². The van der Waals surface area contributed by atoms with Gasteiger partial charge < -0.3 is 10.5 Å². The van der Waals surface area contributed by atoms with E-state index in [0.29, 0.717) is 18.2 Å². The van der Waals surface area contributed by atoms with Crippen LogP contribution in [0.2, 0.25) is 5.02 Å². The number of ether oxygens (including phenoxy) is 1. The molecule has 0 aliphatic carbocycles. The predicted molar refractivity (Wildman–Crippen MR) is 70.1 cm³/mol. The molecule has 0 radical (unpaired) electrons. The van der Waals surface area contributed by atoms with E-state index < -0.39 is 0 Å². The largest absolute Gasteiger partial charge is 0.374 e. The first-order valence-corrected chi connectivity index (χ1v) is 6.47. The van der Waals surface area contributed by atoms with Crippen molar-refractivity contribution in [1.82, 2.24) is 4.90 Å². The Morgan fingerprint density at radius 2 is 2.39 bits per heavy atom. The normalized spacial score (nSPS) is 23.0. The van der Waals surface area contributed by atoms with Crippen LogP contribution >= 0.6 is 11.6 Å². The Morgan fingerprint density at radius 3 is 3.11 bits per heavy atom. The van der Waals surface area contributed by atoms with Gasteiger partial charge in [0.05, 0.1) is 12.7 Å². The minimum Gasteiger partial charge on any atom is -0.374 e. The van der Waals surface area contributed by atoms with Crippen LogP contribution in [0.3, 0.4) is 0 Å². The van der Waals surface area contributed by atoms with Crippen LogP contribution in [0.4, 0.5) is 4.39 Å². The highest BCUT2D eigenvalue weighted by atomic mass is 35.5. The van der Waals surface area contributed by atoms with Gasteiger partial charge in [-0.2, -0.15) is 0 Å². The van der Waals surface area contributed by atoms with Crippen LogP contribution in [-0.2, 0) is 11.3 Å². The van der Waals surface area contributed by atoms with E-state index in [2.05, 4.69) is 4.90 Å². The third-order valence-corrected chi connectivity index (χ3v) is 3.53. The molecule has 2 N–H and O–H groups in total. The van der Waals surface area contributed by atoms with Gasteiger partial charge in [0.1, 0.15) is 5.82 Å². The Labute approximate surface area is 112 Å². The zero-order valence-corrected chi connectivity index (χ0v) is 11.2. The highest BCUT2D eigenvalue weighted by Gasteiger charge is 2.23. The highest BCUT2D eigenvalue weighted by Crippen LogP contribution is 2.20. The van der Waals surface area contributed by atoms with Crippen LogP contribution in [0.1, 0.15) is 12.5 Å². The summed E-state index contributed by atoms with van der Waals surface area (Å²) in [5.74, 6) is -0.258. The maximum absolute atomic E-state index is 13.2. The fourth-order valence-corrected chi connectivity index (χ4v) is 2.28. The van der Waals surface area contributed by atoms with Crippen LogP contribution < -0.4 is 5.73 Å². The summed E-state index contributed by atoms with van der Waals surface area (Å²) in [4.78, 5) is 2.19. The van der Waals surface area contributed by atoms with Crippen molar-refractivity contribution in [3.8, 4) is 0 Å². The monoisotopic (exact) mass is 272 g/mol. The summed E-state index contributed by atoms with van der Waals surface area (Å²) >= 11 is 6.07. The number of nitrogens with zero attached hydrogens (tertiary/aromatic N) is 1. The van der Waals surface area contributed by atoms with Gasteiger partial charge in [0, 0.05) is 30.7 Å². The van der Waals surface area contributed by atoms with E-state index in [1.165, 1.54) is 12.1 Å². The zero-order valence-electron chi connectivity index (χ0n) is 10.4. The summed E-state index contributed by atoms with van der Waals surface area (Å²) in [5.41, 5.74) is 6.65. The van der Waals surface area contributed by atoms with Gasteiger partial charge in [0.15, 0.2) is 0 Å². The minimum absolute atomic E-state index is 0.00391. The summed E-state index contributed by atoms with van der Waals surface area (Å²) in [6.45, 7) is 4.78. The minimum atomic E-state index is -0.258. The Hall–Kier alpha value is -0.680. The second-order valence-corrected chi connectivity index (χ2v) is 5.15. The summed E-state index contributed by atoms with van der Waals surface area (Å²) < 4.78 is 18.8. The van der Waals surface area contributed by atoms with Gasteiger partial charge in [0.2, 0.25) is 0 Å². The molecule has 2 atom stereocenters. The molecule has 1 saturated heterocycles. The highest BCUT2D eigenvalue weighted by molar-refractivity contribution is 6.31. The van der Waals surface area contributed by atoms with Crippen LogP contribution in [0.5, 0.6) is 0 Å². The smallest absolute Gasteiger partial charge is 0.123 e. The van der Waals surface area contributed by atoms with Crippen LogP contribution in [0.15, 0.2) is 18.2 Å². The first-order chi connectivity index (χ1) is 8.56. The standard InChI is InChI=1S/C13H18ClFN2O/c1-9(16)13-8-17(4-5-18-13)7-10-6-11(15)2-3-12(10)14/h2-3,6,9,13H,4-5,7-8,16H2,1H3. The Morgan fingerprint density at radius 1 is 1.61 bits per heavy atom. The van der Waals surface area contributed by atoms with Crippen LogP contribution in [-0.4, -0.2) is 36.7 Å². The SMILES string of the molecule is CC(N)C1CN(Cc2cc(F)ccc2Cl)CCO1. The van der Waals surface area contributed by atoms with Crippen molar-refractivity contribution in [3.63, 3.8) is 0 Å². The van der Waals surface area contributed by atoms with Crippen molar-refractivity contribution in [2.75, 3.05) is 19.7 Å². The van der Waals surface area contributed by atoms with Gasteiger partial charge in [-0.25, -0.2) is 4.39 Å². The molecule has 0 bridgehead atoms. The third kappa shape index (κ3) is 3.42. The van der Waals surface area contributed by atoms with Crippen molar-refractivity contribution >= 4 is 11.6 Å². The molecule has 0 saturated carbocycles. The molecule has 1 fully saturated rings. The molecule has 2 unspecified atom stereocenters. The van der Waals surface area contributed by atoms with Crippen molar-refractivity contribution < 1.29 is 9.13 Å². The number of hydrogen-bond acceptors (Lipinski definition) is 3. The molecule has 1 heterocycles. The Kier molecular flexibility index (Phi) is 4.56. The number of hydrogen-bond donors (Lipinski definition) is 1. The molecule has 100 valence electrons. The van der Waals surface area contributed by atoms with Gasteiger partial charge in [-0.15, -0.1) is 0 Å². The van der Waals surface area contributed by atoms with E-state index in [1.54, 1.807) is 6.07 Å². The van der Waals surface area contributed by atoms with Crippen LogP contribution in [0, 0.1) is 5.82 Å². The van der Waals surface area contributed by atoms with E-state index in [9.17, 15) is 4.39 Å². The second-order valence-electron chi connectivity index (χ2n) is 4.74. The number of rotatable bonds is 3. The van der Waals surface area contributed by atoms with Crippen LogP contribution in [0.25, 0.3) is 0 Å². The lowest BCUT2D eigenvalue weighted by Gasteiger charge is -2.34.